The summed E-state index contributed by atoms with van der Waals surface area (Å²) >= 11 is 2.46. The molecule has 6 heterocycles. The molecule has 0 unspecified atom stereocenters. The molecule has 0 saturated carbocycles. The van der Waals surface area contributed by atoms with Gasteiger partial charge in [0.2, 0.25) is 23.6 Å². The minimum absolute atomic E-state index is 0.0280. The number of carboxylic acids is 1. The molecule has 0 spiro atoms. The summed E-state index contributed by atoms with van der Waals surface area (Å²) in [7, 11) is 0. The Morgan fingerprint density at radius 3 is 2.12 bits per heavy atom. The molecule has 4 aromatic rings. The van der Waals surface area contributed by atoms with Crippen molar-refractivity contribution in [3.8, 4) is 10.7 Å². The number of carboxylic acid groups (broad SMARTS) is 1. The molecule has 0 aliphatic carbocycles. The number of amides is 7. The fraction of sp³-hybridized carbons (Fsp3) is 0.600. The number of anilines is 1. The maximum absolute atomic E-state index is 15.2. The largest absolute Gasteiger partial charge is 0.544 e. The Balaban J connectivity index is 1.24. The normalized spacial score (nSPS) is 23.6. The average Bonchev–Trinajstić information content (AvgIpc) is 0.925. The number of unbranched alkanes of at least 4 members (excludes halogenated alkanes) is 1. The van der Waals surface area contributed by atoms with Crippen molar-refractivity contribution in [1.82, 2.24) is 61.8 Å². The number of imidazole rings is 1. The van der Waals surface area contributed by atoms with Crippen LogP contribution in [0.5, 0.6) is 0 Å². The molecular formula is C55H84N19O22S2+. The van der Waals surface area contributed by atoms with Crippen LogP contribution in [0.1, 0.15) is 95.2 Å². The summed E-state index contributed by atoms with van der Waals surface area (Å²) in [4.78, 5) is 133. The van der Waals surface area contributed by atoms with Crippen molar-refractivity contribution in [1.29, 1.82) is 0 Å². The molecule has 4 aromatic heterocycles. The van der Waals surface area contributed by atoms with E-state index in [-0.39, 0.29) is 47.6 Å². The summed E-state index contributed by atoms with van der Waals surface area (Å²) < 4.78 is 28.7. The molecule has 41 nitrogen and oxygen atoms in total. The van der Waals surface area contributed by atoms with Crippen LogP contribution < -0.4 is 76.4 Å². The number of hydrogen-bond acceptors (Lipinski definition) is 31. The number of thiazole rings is 2. The van der Waals surface area contributed by atoms with E-state index in [9.17, 15) is 79.5 Å². The van der Waals surface area contributed by atoms with E-state index in [1.165, 1.54) is 50.4 Å². The lowest BCUT2D eigenvalue weighted by molar-refractivity contribution is -0.459. The highest BCUT2D eigenvalue weighted by atomic mass is 32.1. The maximum atomic E-state index is 15.2. The van der Waals surface area contributed by atoms with E-state index in [0.717, 1.165) is 12.5 Å². The number of carbonyl (C=O) groups excluding carboxylic acids is 8. The minimum atomic E-state index is -2.21. The molecule has 98 heavy (non-hydrogen) atoms. The van der Waals surface area contributed by atoms with Gasteiger partial charge in [0, 0.05) is 42.3 Å². The molecule has 2 aliphatic heterocycles. The molecule has 0 bridgehead atoms. The molecule has 6 rings (SSSR count). The number of rotatable bonds is 36. The van der Waals surface area contributed by atoms with E-state index in [4.69, 9.17) is 52.4 Å². The number of primary amides is 2. The molecule has 43 heteroatoms. The summed E-state index contributed by atoms with van der Waals surface area (Å²) in [6, 6.07) is -8.04. The van der Waals surface area contributed by atoms with Gasteiger partial charge in [0.25, 0.3) is 11.8 Å². The van der Waals surface area contributed by atoms with Crippen molar-refractivity contribution in [2.75, 3.05) is 45.1 Å². The Labute approximate surface area is 565 Å². The lowest BCUT2D eigenvalue weighted by Gasteiger charge is -2.47. The highest BCUT2D eigenvalue weighted by molar-refractivity contribution is 7.14. The third kappa shape index (κ3) is 21.1. The zero-order chi connectivity index (χ0) is 72.4. The van der Waals surface area contributed by atoms with E-state index in [1.807, 2.05) is 0 Å². The number of nitrogens with zero attached hydrogens (tertiary/aromatic N) is 5. The van der Waals surface area contributed by atoms with E-state index < -0.39 is 195 Å². The van der Waals surface area contributed by atoms with Crippen molar-refractivity contribution in [3.63, 3.8) is 0 Å². The Kier molecular flexibility index (Phi) is 29.2. The van der Waals surface area contributed by atoms with Gasteiger partial charge in [-0.1, -0.05) is 6.92 Å². The molecule has 2 saturated heterocycles. The van der Waals surface area contributed by atoms with Crippen LogP contribution in [-0.2, 0) is 54.1 Å². The van der Waals surface area contributed by atoms with E-state index in [0.29, 0.717) is 41.6 Å². The fourth-order valence-electron chi connectivity index (χ4n) is 9.92. The predicted octanol–water partition coefficient (Wildman–Crippen LogP) is -12.3. The van der Waals surface area contributed by atoms with Gasteiger partial charge in [0.15, 0.2) is 18.7 Å². The number of guanidine groups is 1. The van der Waals surface area contributed by atoms with Gasteiger partial charge in [0.05, 0.1) is 79.7 Å². The zero-order valence-electron chi connectivity index (χ0n) is 53.3. The number of quaternary nitrogens is 1. The second kappa shape index (κ2) is 36.5. The molecule has 7 amide bonds. The molecule has 19 atom stereocenters. The standard InChI is InChI=1S/C55H83N19O22S2/c1-19-32(71-44(74-43(19)58)24(11-30(57)78)66-12-23(56)51(89)90)48(87)73-34(40(25-13-62-18-67-25)94-53-42(38(82)36(80)28(14-75)93-53)95-52-39(83)41(96-55(61)91)37(81)29(15-76)92-52)49(88)68-21(3)35(79)20(2)45(84)72-33(22(4)77)47(86)64-10-7-31-69-27(17-97-31)50-70-26(16-98-50)46(85)63-8-5-6-9-65-54(59)60/h13,16-18,20-24,28-29,33-42,52-53,66,75-77,79-83H,5-12,14-15,56H2,1-4H3,(H2,57,78)(H2,61,91)(H,62,67)(H,63,85)(H,64,86)(H,68,88)(H,72,84)(H,73,87)(H,89,90)(H2,58,71,74)(H4,59,60,65)/p+1/t20-,21+,22+,23-,24-,28-,29+,33-,34-,35-,36+,37+,38-,39-,40-,41-,42-,52+,53-/m0/s1. The number of aromatic nitrogens is 6. The Morgan fingerprint density at radius 2 is 1.49 bits per heavy atom. The third-order valence-corrected chi connectivity index (χ3v) is 17.3. The zero-order valence-corrected chi connectivity index (χ0v) is 54.9. The van der Waals surface area contributed by atoms with Gasteiger partial charge in [-0.25, -0.2) is 29.7 Å². The Hall–Kier alpha value is -8.38. The number of H-pyrrole nitrogens is 1. The maximum Gasteiger partial charge on any atom is 0.404 e. The number of ether oxygens (including phenoxy) is 5. The minimum Gasteiger partial charge on any atom is -0.544 e. The summed E-state index contributed by atoms with van der Waals surface area (Å²) in [6.07, 6.45) is -24.0. The van der Waals surface area contributed by atoms with Gasteiger partial charge in [-0.15, -0.1) is 22.7 Å². The number of carbonyl (C=O) groups is 8. The van der Waals surface area contributed by atoms with Crippen molar-refractivity contribution in [3.05, 3.63) is 56.8 Å². The van der Waals surface area contributed by atoms with E-state index in [2.05, 4.69) is 72.5 Å². The molecule has 29 N–H and O–H groups in total. The number of aliphatic hydroxyl groups excluding tert-OH is 8. The van der Waals surface area contributed by atoms with Crippen molar-refractivity contribution < 1.29 is 119 Å². The Bertz CT molecular complexity index is 3380. The number of hydrogen-bond donors (Lipinski definition) is 22. The van der Waals surface area contributed by atoms with Crippen molar-refractivity contribution in [2.45, 2.75) is 163 Å². The van der Waals surface area contributed by atoms with E-state index in [1.54, 1.807) is 10.8 Å². The number of nitrogen functional groups attached to an aromatic ring is 1. The monoisotopic (exact) mass is 1430 g/mol. The highest BCUT2D eigenvalue weighted by Gasteiger charge is 2.54. The number of aromatic amines is 1. The van der Waals surface area contributed by atoms with Crippen LogP contribution >= 0.6 is 22.7 Å². The van der Waals surface area contributed by atoms with Crippen LogP contribution in [0.3, 0.4) is 0 Å². The van der Waals surface area contributed by atoms with Gasteiger partial charge in [-0.3, -0.25) is 45.2 Å². The summed E-state index contributed by atoms with van der Waals surface area (Å²) in [5, 5.41) is 119. The summed E-state index contributed by atoms with van der Waals surface area (Å²) in [6.45, 7) is 3.41. The molecule has 2 fully saturated rings. The SMILES string of the molecule is Cc1c(N)nc([C@H](CC(N)=O)NC[C@H]([NH3+])C(=O)[O-])nc1C(=O)N[C@H](C(=O)N[C@H](C)[C@@H](O)[C@H](C)C(=O)N[C@H](C(=O)NCCc1nc(-c2nc(C(=O)NCCCC[NH+]=C(N)N)cs2)cs1)[C@@H](C)O)[C@@H](O[C@@H]1O[C@@H](CO)[C@@H](O)[C@H](O)[C@@H]1O[C@H]1O[C@H](CO)[C@@H](O)[C@H](OC(N)=O)[C@@H]1O)c1cnc[nH]1. The molecule has 2 aliphatic rings. The highest BCUT2D eigenvalue weighted by Crippen LogP contribution is 2.35. The second-order valence-electron chi connectivity index (χ2n) is 22.9. The first kappa shape index (κ1) is 78.6. The van der Waals surface area contributed by atoms with Crippen LogP contribution in [0.15, 0.2) is 23.3 Å². The quantitative estimate of drug-likeness (QED) is 0.0114. The van der Waals surface area contributed by atoms with Crippen LogP contribution in [0.2, 0.25) is 0 Å². The molecule has 0 aromatic carbocycles. The van der Waals surface area contributed by atoms with Crippen LogP contribution in [0, 0.1) is 12.8 Å². The Morgan fingerprint density at radius 1 is 0.796 bits per heavy atom. The topological polar surface area (TPSA) is 692 Å². The summed E-state index contributed by atoms with van der Waals surface area (Å²) in [5.41, 5.74) is 31.0. The number of nitrogens with two attached hydrogens (primary N) is 5. The first-order valence-electron chi connectivity index (χ1n) is 30.4. The second-order valence-corrected chi connectivity index (χ2v) is 24.7. The average molecular weight is 1430 g/mol. The molecule has 0 radical (unpaired) electrons. The lowest BCUT2D eigenvalue weighted by atomic mass is 9.96. The van der Waals surface area contributed by atoms with Gasteiger partial charge in [0.1, 0.15) is 107 Å². The van der Waals surface area contributed by atoms with Gasteiger partial charge in [-0.05, 0) is 33.6 Å². The number of nitrogens with one attached hydrogen (secondary N) is 8. The van der Waals surface area contributed by atoms with Crippen LogP contribution in [-0.4, -0.2) is 261 Å². The number of aliphatic carboxylic acids is 1. The van der Waals surface area contributed by atoms with Gasteiger partial charge >= 0.3 is 12.1 Å². The first-order chi connectivity index (χ1) is 46.3. The van der Waals surface area contributed by atoms with Crippen molar-refractivity contribution in [2.24, 2.45) is 28.9 Å². The van der Waals surface area contributed by atoms with Crippen LogP contribution in [0.4, 0.5) is 10.6 Å². The predicted molar refractivity (Wildman–Crippen MR) is 333 cm³/mol. The van der Waals surface area contributed by atoms with Crippen LogP contribution in [0.25, 0.3) is 10.7 Å². The smallest absolute Gasteiger partial charge is 0.404 e. The fourth-order valence-corrected chi connectivity index (χ4v) is 11.5. The van der Waals surface area contributed by atoms with Gasteiger partial charge < -0.3 is 134 Å². The first-order valence-corrected chi connectivity index (χ1v) is 32.2. The lowest BCUT2D eigenvalue weighted by Crippen LogP contribution is -2.78. The van der Waals surface area contributed by atoms with E-state index >= 15 is 4.79 Å². The molecule has 542 valence electrons. The summed E-state index contributed by atoms with van der Waals surface area (Å²) in [5.74, 6) is -9.48. The third-order valence-electron chi connectivity index (χ3n) is 15.5. The van der Waals surface area contributed by atoms with Crippen molar-refractivity contribution >= 4 is 82.0 Å². The van der Waals surface area contributed by atoms with Gasteiger partial charge in [-0.2, -0.15) is 0 Å². The number of aliphatic hydroxyl groups is 8. The molecular weight excluding hydrogens is 1340 g/mol.